The summed E-state index contributed by atoms with van der Waals surface area (Å²) < 4.78 is 5.41. The standard InChI is InChI=1S/C27H45N3O4/c1-11-20-12-14-21(15-13-20)23(24(31)28-18(4)5)30(19(6)7)25(32)22(16-17(2)3)29-26(33)34-27(8,9)10/h12-15,17-19,22-23H,11,16H2,1-10H3,(H,28,31)(H,29,33). The fourth-order valence-corrected chi connectivity index (χ4v) is 3.74. The number of hydrogen-bond donors (Lipinski definition) is 2. The zero-order chi connectivity index (χ0) is 26.2. The van der Waals surface area contributed by atoms with Gasteiger partial charge in [-0.1, -0.05) is 45.0 Å². The maximum absolute atomic E-state index is 13.9. The summed E-state index contributed by atoms with van der Waals surface area (Å²) in [6.45, 7) is 18.9. The summed E-state index contributed by atoms with van der Waals surface area (Å²) in [5, 5.41) is 5.73. The first kappa shape index (κ1) is 29.5. The van der Waals surface area contributed by atoms with Crippen molar-refractivity contribution in [2.45, 2.75) is 112 Å². The predicted octanol–water partition coefficient (Wildman–Crippen LogP) is 4.99. The maximum atomic E-state index is 13.9. The molecule has 1 aromatic carbocycles. The van der Waals surface area contributed by atoms with Crippen molar-refractivity contribution in [2.75, 3.05) is 0 Å². The van der Waals surface area contributed by atoms with Gasteiger partial charge in [-0.2, -0.15) is 0 Å². The van der Waals surface area contributed by atoms with Gasteiger partial charge in [0.25, 0.3) is 0 Å². The number of ether oxygens (including phenoxy) is 1. The Kier molecular flexibility index (Phi) is 11.1. The summed E-state index contributed by atoms with van der Waals surface area (Å²) in [7, 11) is 0. The van der Waals surface area contributed by atoms with E-state index in [9.17, 15) is 14.4 Å². The van der Waals surface area contributed by atoms with E-state index in [4.69, 9.17) is 4.74 Å². The minimum absolute atomic E-state index is 0.0830. The molecule has 2 unspecified atom stereocenters. The summed E-state index contributed by atoms with van der Waals surface area (Å²) in [5.74, 6) is -0.412. The molecule has 7 nitrogen and oxygen atoms in total. The molecule has 0 aliphatic heterocycles. The Balaban J connectivity index is 3.44. The molecule has 2 atom stereocenters. The number of rotatable bonds is 10. The van der Waals surface area contributed by atoms with Crippen molar-refractivity contribution in [3.05, 3.63) is 35.4 Å². The molecule has 0 aliphatic carbocycles. The SMILES string of the molecule is CCc1ccc(C(C(=O)NC(C)C)N(C(=O)C(CC(C)C)NC(=O)OC(C)(C)C)C(C)C)cc1. The van der Waals surface area contributed by atoms with E-state index in [2.05, 4.69) is 17.6 Å². The lowest BCUT2D eigenvalue weighted by Crippen LogP contribution is -2.55. The molecule has 0 radical (unpaired) electrons. The Morgan fingerprint density at radius 2 is 1.50 bits per heavy atom. The largest absolute Gasteiger partial charge is 0.444 e. The average molecular weight is 476 g/mol. The van der Waals surface area contributed by atoms with Crippen LogP contribution in [0.1, 0.15) is 92.8 Å². The number of nitrogens with zero attached hydrogens (tertiary/aromatic N) is 1. The zero-order valence-corrected chi connectivity index (χ0v) is 22.7. The van der Waals surface area contributed by atoms with Crippen LogP contribution in [0.4, 0.5) is 4.79 Å². The van der Waals surface area contributed by atoms with Crippen molar-refractivity contribution in [1.82, 2.24) is 15.5 Å². The van der Waals surface area contributed by atoms with Crippen LogP contribution in [0, 0.1) is 5.92 Å². The summed E-state index contributed by atoms with van der Waals surface area (Å²) in [6, 6.07) is 5.78. The van der Waals surface area contributed by atoms with Gasteiger partial charge in [-0.25, -0.2) is 4.79 Å². The molecule has 0 saturated carbocycles. The molecule has 0 fully saturated rings. The van der Waals surface area contributed by atoms with Crippen molar-refractivity contribution in [3.63, 3.8) is 0 Å². The second kappa shape index (κ2) is 12.8. The van der Waals surface area contributed by atoms with Gasteiger partial charge in [0.05, 0.1) is 0 Å². The second-order valence-electron chi connectivity index (χ2n) is 10.8. The van der Waals surface area contributed by atoms with Crippen molar-refractivity contribution >= 4 is 17.9 Å². The van der Waals surface area contributed by atoms with Gasteiger partial charge in [0.1, 0.15) is 17.7 Å². The normalized spacial score (nSPS) is 13.6. The topological polar surface area (TPSA) is 87.7 Å². The van der Waals surface area contributed by atoms with Crippen LogP contribution in [0.3, 0.4) is 0 Å². The molecule has 0 heterocycles. The van der Waals surface area contributed by atoms with E-state index in [-0.39, 0.29) is 29.8 Å². The monoisotopic (exact) mass is 475 g/mol. The van der Waals surface area contributed by atoms with Crippen molar-refractivity contribution < 1.29 is 19.1 Å². The molecular weight excluding hydrogens is 430 g/mol. The minimum Gasteiger partial charge on any atom is -0.444 e. The Bertz CT molecular complexity index is 810. The molecule has 2 N–H and O–H groups in total. The molecular formula is C27H45N3O4. The molecule has 0 spiro atoms. The number of carbonyl (C=O) groups is 3. The van der Waals surface area contributed by atoms with Gasteiger partial charge in [-0.15, -0.1) is 0 Å². The molecule has 0 aliphatic rings. The lowest BCUT2D eigenvalue weighted by Gasteiger charge is -2.38. The molecule has 0 aromatic heterocycles. The van der Waals surface area contributed by atoms with Crippen molar-refractivity contribution in [3.8, 4) is 0 Å². The van der Waals surface area contributed by atoms with Gasteiger partial charge < -0.3 is 20.3 Å². The van der Waals surface area contributed by atoms with Gasteiger partial charge in [0, 0.05) is 12.1 Å². The fraction of sp³-hybridized carbons (Fsp3) is 0.667. The van der Waals surface area contributed by atoms with E-state index in [1.54, 1.807) is 25.7 Å². The third kappa shape index (κ3) is 9.35. The molecule has 0 saturated heterocycles. The number of hydrogen-bond acceptors (Lipinski definition) is 4. The van der Waals surface area contributed by atoms with Gasteiger partial charge >= 0.3 is 6.09 Å². The van der Waals surface area contributed by atoms with Crippen LogP contribution in [0.2, 0.25) is 0 Å². The Morgan fingerprint density at radius 1 is 0.941 bits per heavy atom. The smallest absolute Gasteiger partial charge is 0.408 e. The number of amides is 3. The van der Waals surface area contributed by atoms with Gasteiger partial charge in [0.15, 0.2) is 0 Å². The molecule has 34 heavy (non-hydrogen) atoms. The third-order valence-corrected chi connectivity index (χ3v) is 5.17. The van der Waals surface area contributed by atoms with Crippen LogP contribution >= 0.6 is 0 Å². The molecule has 3 amide bonds. The molecule has 192 valence electrons. The van der Waals surface area contributed by atoms with Crippen LogP contribution in [0.15, 0.2) is 24.3 Å². The number of nitrogens with one attached hydrogen (secondary N) is 2. The third-order valence-electron chi connectivity index (χ3n) is 5.17. The van der Waals surface area contributed by atoms with E-state index >= 15 is 0 Å². The molecule has 1 rings (SSSR count). The first-order valence-electron chi connectivity index (χ1n) is 12.4. The highest BCUT2D eigenvalue weighted by Crippen LogP contribution is 2.27. The fourth-order valence-electron chi connectivity index (χ4n) is 3.74. The van der Waals surface area contributed by atoms with Crippen LogP contribution < -0.4 is 10.6 Å². The Morgan fingerprint density at radius 3 is 1.91 bits per heavy atom. The van der Waals surface area contributed by atoms with Crippen LogP contribution in [-0.4, -0.2) is 46.5 Å². The zero-order valence-electron chi connectivity index (χ0n) is 22.7. The van der Waals surface area contributed by atoms with E-state index in [0.717, 1.165) is 17.5 Å². The summed E-state index contributed by atoms with van der Waals surface area (Å²) in [6.07, 6.45) is 0.659. The van der Waals surface area contributed by atoms with Gasteiger partial charge in [0.2, 0.25) is 11.8 Å². The van der Waals surface area contributed by atoms with E-state index < -0.39 is 23.8 Å². The highest BCUT2D eigenvalue weighted by atomic mass is 16.6. The highest BCUT2D eigenvalue weighted by molar-refractivity contribution is 5.92. The number of carbonyl (C=O) groups excluding carboxylic acids is 3. The molecule has 1 aromatic rings. The predicted molar refractivity (Wildman–Crippen MR) is 136 cm³/mol. The van der Waals surface area contributed by atoms with Gasteiger partial charge in [-0.05, 0) is 78.4 Å². The average Bonchev–Trinajstić information content (AvgIpc) is 2.68. The minimum atomic E-state index is -0.823. The number of alkyl carbamates (subject to hydrolysis) is 1. The van der Waals surface area contributed by atoms with Crippen molar-refractivity contribution in [2.24, 2.45) is 5.92 Å². The van der Waals surface area contributed by atoms with E-state index in [1.807, 2.05) is 65.8 Å². The lowest BCUT2D eigenvalue weighted by molar-refractivity contribution is -0.145. The van der Waals surface area contributed by atoms with Crippen LogP contribution in [0.25, 0.3) is 0 Å². The van der Waals surface area contributed by atoms with Crippen LogP contribution in [-0.2, 0) is 20.7 Å². The first-order valence-corrected chi connectivity index (χ1v) is 12.4. The summed E-state index contributed by atoms with van der Waals surface area (Å²) in [4.78, 5) is 41.5. The maximum Gasteiger partial charge on any atom is 0.408 e. The number of benzene rings is 1. The Labute approximate surface area is 206 Å². The summed E-state index contributed by atoms with van der Waals surface area (Å²) >= 11 is 0. The highest BCUT2D eigenvalue weighted by Gasteiger charge is 2.38. The van der Waals surface area contributed by atoms with Crippen LogP contribution in [0.5, 0.6) is 0 Å². The Hall–Kier alpha value is -2.57. The molecule has 7 heteroatoms. The lowest BCUT2D eigenvalue weighted by atomic mass is 9.97. The summed E-state index contributed by atoms with van der Waals surface area (Å²) in [5.41, 5.74) is 1.20. The number of aryl methyl sites for hydroxylation is 1. The van der Waals surface area contributed by atoms with Gasteiger partial charge in [-0.3, -0.25) is 9.59 Å². The first-order chi connectivity index (χ1) is 15.7. The van der Waals surface area contributed by atoms with E-state index in [0.29, 0.717) is 6.42 Å². The second-order valence-corrected chi connectivity index (χ2v) is 10.8. The van der Waals surface area contributed by atoms with Crippen molar-refractivity contribution in [1.29, 1.82) is 0 Å². The van der Waals surface area contributed by atoms with E-state index in [1.165, 1.54) is 0 Å². The quantitative estimate of drug-likeness (QED) is 0.499. The molecule has 0 bridgehead atoms.